The molecule has 1 saturated carbocycles. The van der Waals surface area contributed by atoms with Crippen LogP contribution < -0.4 is 5.73 Å². The highest BCUT2D eigenvalue weighted by atomic mass is 15.2. The summed E-state index contributed by atoms with van der Waals surface area (Å²) in [6.07, 6.45) is 13.7. The summed E-state index contributed by atoms with van der Waals surface area (Å²) in [5, 5.41) is 0. The van der Waals surface area contributed by atoms with Gasteiger partial charge < -0.3 is 5.73 Å². The number of hydrogen-bond donors (Lipinski definition) is 1. The van der Waals surface area contributed by atoms with E-state index in [1.807, 2.05) is 0 Å². The Kier molecular flexibility index (Phi) is 8.89. The fourth-order valence-corrected chi connectivity index (χ4v) is 3.89. The van der Waals surface area contributed by atoms with Gasteiger partial charge in [0.05, 0.1) is 0 Å². The second kappa shape index (κ2) is 9.84. The van der Waals surface area contributed by atoms with Gasteiger partial charge in [-0.3, -0.25) is 4.90 Å². The molecular formula is C19H40N2. The zero-order valence-electron chi connectivity index (χ0n) is 15.2. The molecule has 0 aromatic rings. The molecule has 2 heteroatoms. The molecule has 2 N–H and O–H groups in total. The minimum Gasteiger partial charge on any atom is -0.329 e. The third-order valence-electron chi connectivity index (χ3n) is 5.28. The Morgan fingerprint density at radius 2 is 1.71 bits per heavy atom. The molecule has 0 aromatic carbocycles. The van der Waals surface area contributed by atoms with Crippen LogP contribution in [0.5, 0.6) is 0 Å². The van der Waals surface area contributed by atoms with E-state index in [0.29, 0.717) is 0 Å². The van der Waals surface area contributed by atoms with Crippen molar-refractivity contribution in [3.05, 3.63) is 0 Å². The Morgan fingerprint density at radius 1 is 1.10 bits per heavy atom. The van der Waals surface area contributed by atoms with E-state index in [1.54, 1.807) is 0 Å². The van der Waals surface area contributed by atoms with Crippen LogP contribution in [0.3, 0.4) is 0 Å². The van der Waals surface area contributed by atoms with E-state index < -0.39 is 0 Å². The van der Waals surface area contributed by atoms with E-state index >= 15 is 0 Å². The van der Waals surface area contributed by atoms with Gasteiger partial charge in [-0.25, -0.2) is 0 Å². The summed E-state index contributed by atoms with van der Waals surface area (Å²) in [4.78, 5) is 2.80. The van der Waals surface area contributed by atoms with E-state index in [1.165, 1.54) is 70.8 Å². The molecule has 0 aliphatic heterocycles. The fraction of sp³-hybridized carbons (Fsp3) is 1.00. The number of unbranched alkanes of at least 4 members (excludes halogenated alkanes) is 4. The van der Waals surface area contributed by atoms with Crippen LogP contribution in [0.1, 0.15) is 91.9 Å². The summed E-state index contributed by atoms with van der Waals surface area (Å²) >= 11 is 0. The molecule has 1 atom stereocenters. The summed E-state index contributed by atoms with van der Waals surface area (Å²) in [6, 6.07) is 0.789. The van der Waals surface area contributed by atoms with Crippen molar-refractivity contribution in [2.45, 2.75) is 103 Å². The van der Waals surface area contributed by atoms with Gasteiger partial charge in [-0.1, -0.05) is 65.7 Å². The Labute approximate surface area is 133 Å². The smallest absolute Gasteiger partial charge is 0.0306 e. The van der Waals surface area contributed by atoms with Gasteiger partial charge in [-0.15, -0.1) is 0 Å². The summed E-state index contributed by atoms with van der Waals surface area (Å²) < 4.78 is 0. The molecule has 0 radical (unpaired) electrons. The van der Waals surface area contributed by atoms with Gasteiger partial charge in [-0.2, -0.15) is 0 Å². The predicted octanol–water partition coefficient (Wildman–Crippen LogP) is 4.96. The maximum absolute atomic E-state index is 6.25. The molecule has 0 aromatic heterocycles. The Morgan fingerprint density at radius 3 is 2.24 bits per heavy atom. The SMILES string of the molecule is CCCCCCCC(C)(CN)N(CC(C)C)C1CCCC1. The van der Waals surface area contributed by atoms with Gasteiger partial charge in [-0.05, 0) is 32.1 Å². The lowest BCUT2D eigenvalue weighted by atomic mass is 9.89. The lowest BCUT2D eigenvalue weighted by molar-refractivity contribution is 0.0421. The quantitative estimate of drug-likeness (QED) is 0.546. The van der Waals surface area contributed by atoms with E-state index in [-0.39, 0.29) is 5.54 Å². The van der Waals surface area contributed by atoms with Crippen LogP contribution >= 0.6 is 0 Å². The first-order valence-electron chi connectivity index (χ1n) is 9.50. The van der Waals surface area contributed by atoms with Crippen LogP contribution in [0.15, 0.2) is 0 Å². The third-order valence-corrected chi connectivity index (χ3v) is 5.28. The van der Waals surface area contributed by atoms with Gasteiger partial charge in [0.15, 0.2) is 0 Å². The van der Waals surface area contributed by atoms with Crippen LogP contribution in [0.4, 0.5) is 0 Å². The molecule has 1 aliphatic carbocycles. The predicted molar refractivity (Wildman–Crippen MR) is 94.6 cm³/mol. The van der Waals surface area contributed by atoms with Gasteiger partial charge in [0.25, 0.3) is 0 Å². The van der Waals surface area contributed by atoms with Crippen molar-refractivity contribution >= 4 is 0 Å². The van der Waals surface area contributed by atoms with Gasteiger partial charge >= 0.3 is 0 Å². The van der Waals surface area contributed by atoms with Crippen molar-refractivity contribution < 1.29 is 0 Å². The van der Waals surface area contributed by atoms with E-state index in [9.17, 15) is 0 Å². The van der Waals surface area contributed by atoms with Crippen LogP contribution in [-0.4, -0.2) is 29.6 Å². The zero-order chi connectivity index (χ0) is 15.7. The number of hydrogen-bond acceptors (Lipinski definition) is 2. The first-order chi connectivity index (χ1) is 10.0. The normalized spacial score (nSPS) is 19.6. The largest absolute Gasteiger partial charge is 0.329 e. The second-order valence-electron chi connectivity index (χ2n) is 7.85. The molecule has 2 nitrogen and oxygen atoms in total. The van der Waals surface area contributed by atoms with Crippen molar-refractivity contribution in [2.75, 3.05) is 13.1 Å². The van der Waals surface area contributed by atoms with Crippen LogP contribution in [0.2, 0.25) is 0 Å². The lowest BCUT2D eigenvalue weighted by Gasteiger charge is -2.45. The average molecular weight is 297 g/mol. The van der Waals surface area contributed by atoms with Crippen molar-refractivity contribution in [3.63, 3.8) is 0 Å². The highest BCUT2D eigenvalue weighted by Crippen LogP contribution is 2.32. The standard InChI is InChI=1S/C19H40N2/c1-5-6-7-8-11-14-19(4,16-20)21(15-17(2)3)18-12-9-10-13-18/h17-18H,5-16,20H2,1-4H3. The van der Waals surface area contributed by atoms with Crippen LogP contribution in [0, 0.1) is 5.92 Å². The molecule has 0 spiro atoms. The number of nitrogens with zero attached hydrogens (tertiary/aromatic N) is 1. The fourth-order valence-electron chi connectivity index (χ4n) is 3.89. The van der Waals surface area contributed by atoms with Gasteiger partial charge in [0.1, 0.15) is 0 Å². The summed E-state index contributed by atoms with van der Waals surface area (Å²) in [7, 11) is 0. The molecule has 1 fully saturated rings. The highest BCUT2D eigenvalue weighted by molar-refractivity contribution is 4.93. The number of nitrogens with two attached hydrogens (primary N) is 1. The van der Waals surface area contributed by atoms with Crippen LogP contribution in [0.25, 0.3) is 0 Å². The molecule has 0 bridgehead atoms. The first kappa shape index (κ1) is 19.0. The monoisotopic (exact) mass is 296 g/mol. The Hall–Kier alpha value is -0.0800. The van der Waals surface area contributed by atoms with Gasteiger partial charge in [0.2, 0.25) is 0 Å². The Bertz CT molecular complexity index is 258. The molecular weight excluding hydrogens is 256 g/mol. The minimum absolute atomic E-state index is 0.214. The van der Waals surface area contributed by atoms with E-state index in [0.717, 1.165) is 18.5 Å². The molecule has 0 amide bonds. The Balaban J connectivity index is 2.59. The molecule has 1 rings (SSSR count). The molecule has 0 heterocycles. The maximum atomic E-state index is 6.25. The van der Waals surface area contributed by atoms with Crippen LogP contribution in [-0.2, 0) is 0 Å². The van der Waals surface area contributed by atoms with Crippen molar-refractivity contribution in [3.8, 4) is 0 Å². The van der Waals surface area contributed by atoms with Crippen molar-refractivity contribution in [1.82, 2.24) is 4.90 Å². The maximum Gasteiger partial charge on any atom is 0.0306 e. The topological polar surface area (TPSA) is 29.3 Å². The van der Waals surface area contributed by atoms with Gasteiger partial charge in [0, 0.05) is 24.7 Å². The van der Waals surface area contributed by atoms with E-state index in [2.05, 4.69) is 32.6 Å². The molecule has 126 valence electrons. The minimum atomic E-state index is 0.214. The molecule has 1 unspecified atom stereocenters. The number of rotatable bonds is 11. The second-order valence-corrected chi connectivity index (χ2v) is 7.85. The summed E-state index contributed by atoms with van der Waals surface area (Å²) in [5.41, 5.74) is 6.46. The molecule has 21 heavy (non-hydrogen) atoms. The van der Waals surface area contributed by atoms with E-state index in [4.69, 9.17) is 5.73 Å². The first-order valence-corrected chi connectivity index (χ1v) is 9.50. The zero-order valence-corrected chi connectivity index (χ0v) is 15.2. The average Bonchev–Trinajstić information content (AvgIpc) is 2.98. The van der Waals surface area contributed by atoms with Crippen molar-refractivity contribution in [2.24, 2.45) is 11.7 Å². The highest BCUT2D eigenvalue weighted by Gasteiger charge is 2.36. The third kappa shape index (κ3) is 6.28. The van der Waals surface area contributed by atoms with Crippen molar-refractivity contribution in [1.29, 1.82) is 0 Å². The molecule has 1 aliphatic rings. The molecule has 0 saturated heterocycles. The summed E-state index contributed by atoms with van der Waals surface area (Å²) in [5.74, 6) is 0.733. The lowest BCUT2D eigenvalue weighted by Crippen LogP contribution is -2.56. The summed E-state index contributed by atoms with van der Waals surface area (Å²) in [6.45, 7) is 11.4.